The van der Waals surface area contributed by atoms with Gasteiger partial charge in [-0.3, -0.25) is 9.78 Å². The standard InChI is InChI=1S/C12H20N6O2S/c1-3-13-4-5-18-9-12(8-15-18)21(19,20)16-7-11-6-14-17-10(11)2/h6,8-9,13,16H,3-5,7H2,1-2H3,(H,14,17). The highest BCUT2D eigenvalue weighted by Gasteiger charge is 2.16. The third-order valence-corrected chi connectivity index (χ3v) is 4.43. The minimum absolute atomic E-state index is 0.167. The molecule has 2 rings (SSSR count). The number of aryl methyl sites for hydroxylation is 1. The zero-order chi connectivity index (χ0) is 15.3. The van der Waals surface area contributed by atoms with E-state index in [2.05, 4.69) is 25.3 Å². The van der Waals surface area contributed by atoms with E-state index in [1.165, 1.54) is 12.4 Å². The average molecular weight is 312 g/mol. The van der Waals surface area contributed by atoms with Crippen LogP contribution >= 0.6 is 0 Å². The van der Waals surface area contributed by atoms with Gasteiger partial charge in [0.1, 0.15) is 4.90 Å². The lowest BCUT2D eigenvalue weighted by atomic mass is 10.3. The van der Waals surface area contributed by atoms with Crippen LogP contribution in [0.4, 0.5) is 0 Å². The number of hydrogen-bond donors (Lipinski definition) is 3. The molecule has 8 nitrogen and oxygen atoms in total. The van der Waals surface area contributed by atoms with Crippen LogP contribution in [0.25, 0.3) is 0 Å². The lowest BCUT2D eigenvalue weighted by molar-refractivity contribution is 0.562. The van der Waals surface area contributed by atoms with Crippen molar-refractivity contribution < 1.29 is 8.42 Å². The quantitative estimate of drug-likeness (QED) is 0.595. The Balaban J connectivity index is 1.97. The van der Waals surface area contributed by atoms with E-state index in [0.717, 1.165) is 24.3 Å². The van der Waals surface area contributed by atoms with Crippen LogP contribution < -0.4 is 10.0 Å². The van der Waals surface area contributed by atoms with Crippen LogP contribution in [0.2, 0.25) is 0 Å². The summed E-state index contributed by atoms with van der Waals surface area (Å²) in [7, 11) is -3.56. The summed E-state index contributed by atoms with van der Waals surface area (Å²) in [6.07, 6.45) is 4.50. The lowest BCUT2D eigenvalue weighted by Gasteiger charge is -2.04. The summed E-state index contributed by atoms with van der Waals surface area (Å²) in [5, 5.41) is 13.8. The molecule has 3 N–H and O–H groups in total. The van der Waals surface area contributed by atoms with Crippen molar-refractivity contribution in [3.05, 3.63) is 29.8 Å². The molecule has 0 radical (unpaired) electrons. The number of H-pyrrole nitrogens is 1. The molecule has 0 bridgehead atoms. The van der Waals surface area contributed by atoms with E-state index in [1.54, 1.807) is 10.9 Å². The molecule has 2 aromatic rings. The van der Waals surface area contributed by atoms with E-state index in [1.807, 2.05) is 13.8 Å². The van der Waals surface area contributed by atoms with E-state index in [0.29, 0.717) is 6.54 Å². The van der Waals surface area contributed by atoms with E-state index >= 15 is 0 Å². The minimum atomic E-state index is -3.56. The molecule has 2 heterocycles. The molecule has 0 amide bonds. The molecular weight excluding hydrogens is 292 g/mol. The van der Waals surface area contributed by atoms with E-state index in [4.69, 9.17) is 0 Å². The Morgan fingerprint density at radius 1 is 1.38 bits per heavy atom. The summed E-state index contributed by atoms with van der Waals surface area (Å²) in [6, 6.07) is 0. The van der Waals surface area contributed by atoms with Crippen molar-refractivity contribution in [1.29, 1.82) is 0 Å². The van der Waals surface area contributed by atoms with Gasteiger partial charge in [-0.05, 0) is 13.5 Å². The van der Waals surface area contributed by atoms with Crippen molar-refractivity contribution >= 4 is 10.0 Å². The fraction of sp³-hybridized carbons (Fsp3) is 0.500. The second-order valence-corrected chi connectivity index (χ2v) is 6.40. The molecule has 0 saturated heterocycles. The number of nitrogens with one attached hydrogen (secondary N) is 3. The molecule has 0 aliphatic rings. The SMILES string of the molecule is CCNCCn1cc(S(=O)(=O)NCc2cn[nH]c2C)cn1. The monoisotopic (exact) mass is 312 g/mol. The Morgan fingerprint density at radius 3 is 2.86 bits per heavy atom. The fourth-order valence-electron chi connectivity index (χ4n) is 1.79. The second-order valence-electron chi connectivity index (χ2n) is 4.64. The number of aromatic nitrogens is 4. The van der Waals surface area contributed by atoms with Crippen molar-refractivity contribution in [1.82, 2.24) is 30.0 Å². The van der Waals surface area contributed by atoms with Gasteiger partial charge < -0.3 is 5.32 Å². The summed E-state index contributed by atoms with van der Waals surface area (Å²) in [5.41, 5.74) is 1.66. The molecule has 0 aromatic carbocycles. The van der Waals surface area contributed by atoms with Gasteiger partial charge in [0.15, 0.2) is 0 Å². The number of likely N-dealkylation sites (N-methyl/N-ethyl adjacent to an activating group) is 1. The maximum Gasteiger partial charge on any atom is 0.243 e. The summed E-state index contributed by atoms with van der Waals surface area (Å²) >= 11 is 0. The first kappa shape index (κ1) is 15.7. The largest absolute Gasteiger partial charge is 0.315 e. The first-order chi connectivity index (χ1) is 10.0. The van der Waals surface area contributed by atoms with Gasteiger partial charge >= 0.3 is 0 Å². The highest BCUT2D eigenvalue weighted by Crippen LogP contribution is 2.09. The second kappa shape index (κ2) is 6.83. The molecule has 21 heavy (non-hydrogen) atoms. The maximum atomic E-state index is 12.2. The van der Waals surface area contributed by atoms with E-state index < -0.39 is 10.0 Å². The molecule has 9 heteroatoms. The molecule has 0 atom stereocenters. The highest BCUT2D eigenvalue weighted by atomic mass is 32.2. The first-order valence-electron chi connectivity index (χ1n) is 6.74. The summed E-state index contributed by atoms with van der Waals surface area (Å²) in [5.74, 6) is 0. The maximum absolute atomic E-state index is 12.2. The normalized spacial score (nSPS) is 11.9. The van der Waals surface area contributed by atoms with Gasteiger partial charge in [-0.1, -0.05) is 6.92 Å². The van der Waals surface area contributed by atoms with Crippen molar-refractivity contribution in [2.75, 3.05) is 13.1 Å². The van der Waals surface area contributed by atoms with Gasteiger partial charge in [0.05, 0.1) is 18.9 Å². The number of hydrogen-bond acceptors (Lipinski definition) is 5. The molecule has 2 aromatic heterocycles. The number of rotatable bonds is 8. The van der Waals surface area contributed by atoms with Crippen molar-refractivity contribution in [2.45, 2.75) is 31.8 Å². The molecule has 116 valence electrons. The smallest absolute Gasteiger partial charge is 0.243 e. The Bertz CT molecular complexity index is 675. The molecule has 0 unspecified atom stereocenters. The summed E-state index contributed by atoms with van der Waals surface area (Å²) in [6.45, 7) is 6.31. The van der Waals surface area contributed by atoms with Crippen LogP contribution in [0, 0.1) is 6.92 Å². The van der Waals surface area contributed by atoms with Gasteiger partial charge in [-0.15, -0.1) is 0 Å². The first-order valence-corrected chi connectivity index (χ1v) is 8.23. The molecule has 0 spiro atoms. The van der Waals surface area contributed by atoms with E-state index in [9.17, 15) is 8.42 Å². The van der Waals surface area contributed by atoms with Crippen LogP contribution in [0.15, 0.2) is 23.5 Å². The van der Waals surface area contributed by atoms with E-state index in [-0.39, 0.29) is 11.4 Å². The van der Waals surface area contributed by atoms with Crippen LogP contribution in [0.1, 0.15) is 18.2 Å². The van der Waals surface area contributed by atoms with Crippen LogP contribution in [0.3, 0.4) is 0 Å². The highest BCUT2D eigenvalue weighted by molar-refractivity contribution is 7.89. The third-order valence-electron chi connectivity index (χ3n) is 3.07. The lowest BCUT2D eigenvalue weighted by Crippen LogP contribution is -2.23. The molecule has 0 aliphatic carbocycles. The zero-order valence-electron chi connectivity index (χ0n) is 12.1. The summed E-state index contributed by atoms with van der Waals surface area (Å²) in [4.78, 5) is 0.167. The zero-order valence-corrected chi connectivity index (χ0v) is 12.9. The molecule has 0 saturated carbocycles. The topological polar surface area (TPSA) is 105 Å². The molecule has 0 aliphatic heterocycles. The average Bonchev–Trinajstić information content (AvgIpc) is 3.06. The predicted octanol–water partition coefficient (Wildman–Crippen LogP) is 0.00262. The Kier molecular flexibility index (Phi) is 5.10. The van der Waals surface area contributed by atoms with Crippen molar-refractivity contribution in [3.63, 3.8) is 0 Å². The Morgan fingerprint density at radius 2 is 2.19 bits per heavy atom. The van der Waals surface area contributed by atoms with Crippen LogP contribution in [-0.4, -0.2) is 41.5 Å². The van der Waals surface area contributed by atoms with Crippen molar-refractivity contribution in [2.24, 2.45) is 0 Å². The van der Waals surface area contributed by atoms with Gasteiger partial charge in [0.2, 0.25) is 10.0 Å². The van der Waals surface area contributed by atoms with Gasteiger partial charge in [-0.25, -0.2) is 13.1 Å². The summed E-state index contributed by atoms with van der Waals surface area (Å²) < 4.78 is 28.5. The van der Waals surface area contributed by atoms with Gasteiger partial charge in [-0.2, -0.15) is 10.2 Å². The van der Waals surface area contributed by atoms with Crippen LogP contribution in [-0.2, 0) is 23.1 Å². The number of aromatic amines is 1. The molecule has 0 fully saturated rings. The Hall–Kier alpha value is -1.71. The fourth-order valence-corrected chi connectivity index (χ4v) is 2.74. The van der Waals surface area contributed by atoms with Crippen LogP contribution in [0.5, 0.6) is 0 Å². The minimum Gasteiger partial charge on any atom is -0.315 e. The molecular formula is C12H20N6O2S. The number of sulfonamides is 1. The predicted molar refractivity (Wildman–Crippen MR) is 78.1 cm³/mol. The Labute approximate surface area is 124 Å². The number of nitrogens with zero attached hydrogens (tertiary/aromatic N) is 3. The van der Waals surface area contributed by atoms with Gasteiger partial charge in [0, 0.05) is 30.5 Å². The van der Waals surface area contributed by atoms with Crippen molar-refractivity contribution in [3.8, 4) is 0 Å². The third kappa shape index (κ3) is 4.13. The van der Waals surface area contributed by atoms with Gasteiger partial charge in [0.25, 0.3) is 0 Å².